The van der Waals surface area contributed by atoms with Gasteiger partial charge in [-0.25, -0.2) is 4.79 Å². The average Bonchev–Trinajstić information content (AvgIpc) is 2.59. The summed E-state index contributed by atoms with van der Waals surface area (Å²) in [6, 6.07) is 10.9. The second kappa shape index (κ2) is 8.72. The van der Waals surface area contributed by atoms with Crippen LogP contribution in [0.5, 0.6) is 5.75 Å². The predicted molar refractivity (Wildman–Crippen MR) is 97.9 cm³/mol. The molecule has 0 aliphatic heterocycles. The molecule has 2 aromatic carbocycles. The number of carbonyl (C=O) groups is 2. The minimum atomic E-state index is -0.605. The normalized spacial score (nSPS) is 12.0. The number of nitrogens with one attached hydrogen (secondary N) is 1. The van der Waals surface area contributed by atoms with E-state index in [9.17, 15) is 9.59 Å². The van der Waals surface area contributed by atoms with Crippen LogP contribution in [0.1, 0.15) is 20.8 Å². The van der Waals surface area contributed by atoms with Gasteiger partial charge in [0.05, 0.1) is 0 Å². The molecular formula is C19H22ClNO4. The van der Waals surface area contributed by atoms with E-state index in [1.807, 2.05) is 45.0 Å². The number of esters is 1. The average molecular weight is 364 g/mol. The van der Waals surface area contributed by atoms with Crippen molar-refractivity contribution in [3.63, 3.8) is 0 Å². The predicted octanol–water partition coefficient (Wildman–Crippen LogP) is 3.58. The second-order valence-corrected chi connectivity index (χ2v) is 6.55. The van der Waals surface area contributed by atoms with Gasteiger partial charge in [0.1, 0.15) is 5.75 Å². The van der Waals surface area contributed by atoms with Crippen molar-refractivity contribution in [3.05, 3.63) is 41.4 Å². The van der Waals surface area contributed by atoms with Gasteiger partial charge in [-0.05, 0) is 25.0 Å². The van der Waals surface area contributed by atoms with Crippen molar-refractivity contribution in [2.45, 2.75) is 26.8 Å². The van der Waals surface area contributed by atoms with E-state index in [0.717, 1.165) is 10.8 Å². The Bertz CT molecular complexity index is 760. The smallest absolute Gasteiger partial charge is 0.344 e. The van der Waals surface area contributed by atoms with Gasteiger partial charge >= 0.3 is 5.97 Å². The number of benzene rings is 2. The van der Waals surface area contributed by atoms with Gasteiger partial charge in [-0.15, -0.1) is 0 Å². The van der Waals surface area contributed by atoms with Gasteiger partial charge in [0.15, 0.2) is 13.2 Å². The molecule has 0 saturated heterocycles. The molecule has 0 aliphatic rings. The van der Waals surface area contributed by atoms with Crippen LogP contribution in [0.25, 0.3) is 10.8 Å². The van der Waals surface area contributed by atoms with E-state index in [4.69, 9.17) is 21.1 Å². The van der Waals surface area contributed by atoms with Crippen molar-refractivity contribution in [3.8, 4) is 5.75 Å². The zero-order chi connectivity index (χ0) is 18.4. The standard InChI is InChI=1S/C19H22ClNO4/c1-12(2)13(3)21-18(22)10-25-19(23)11-24-17-9-8-16(20)14-6-4-5-7-15(14)17/h4-9,12-13H,10-11H2,1-3H3,(H,21,22)/t13-/m0/s1. The number of hydrogen-bond acceptors (Lipinski definition) is 4. The number of ether oxygens (including phenoxy) is 2. The minimum absolute atomic E-state index is 0.0166. The molecule has 0 aromatic heterocycles. The van der Waals surface area contributed by atoms with Crippen molar-refractivity contribution in [1.82, 2.24) is 5.32 Å². The second-order valence-electron chi connectivity index (χ2n) is 6.14. The first kappa shape index (κ1) is 19.1. The number of amides is 1. The molecule has 134 valence electrons. The summed E-state index contributed by atoms with van der Waals surface area (Å²) < 4.78 is 10.5. The number of fused-ring (bicyclic) bond motifs is 1. The summed E-state index contributed by atoms with van der Waals surface area (Å²) in [7, 11) is 0. The highest BCUT2D eigenvalue weighted by atomic mass is 35.5. The topological polar surface area (TPSA) is 64.6 Å². The molecule has 0 spiro atoms. The Morgan fingerprint density at radius 1 is 1.04 bits per heavy atom. The number of carbonyl (C=O) groups excluding carboxylic acids is 2. The molecule has 1 atom stereocenters. The van der Waals surface area contributed by atoms with Gasteiger partial charge < -0.3 is 14.8 Å². The van der Waals surface area contributed by atoms with Gasteiger partial charge in [-0.3, -0.25) is 4.79 Å². The van der Waals surface area contributed by atoms with Crippen molar-refractivity contribution >= 4 is 34.2 Å². The van der Waals surface area contributed by atoms with Crippen LogP contribution in [0.4, 0.5) is 0 Å². The molecule has 0 radical (unpaired) electrons. The number of hydrogen-bond donors (Lipinski definition) is 1. The lowest BCUT2D eigenvalue weighted by Gasteiger charge is -2.17. The van der Waals surface area contributed by atoms with Gasteiger partial charge in [0, 0.05) is 21.8 Å². The van der Waals surface area contributed by atoms with Crippen LogP contribution in [0.2, 0.25) is 5.02 Å². The first-order valence-electron chi connectivity index (χ1n) is 8.13. The van der Waals surface area contributed by atoms with E-state index in [1.165, 1.54) is 0 Å². The lowest BCUT2D eigenvalue weighted by Crippen LogP contribution is -2.39. The molecular weight excluding hydrogens is 342 g/mol. The Labute approximate surface area is 152 Å². The fourth-order valence-corrected chi connectivity index (χ4v) is 2.37. The summed E-state index contributed by atoms with van der Waals surface area (Å²) in [5, 5.41) is 5.04. The van der Waals surface area contributed by atoms with Gasteiger partial charge in [0.25, 0.3) is 5.91 Å². The van der Waals surface area contributed by atoms with E-state index >= 15 is 0 Å². The molecule has 1 N–H and O–H groups in total. The molecule has 1 amide bonds. The quantitative estimate of drug-likeness (QED) is 0.764. The lowest BCUT2D eigenvalue weighted by atomic mass is 10.1. The summed E-state index contributed by atoms with van der Waals surface area (Å²) in [4.78, 5) is 23.5. The zero-order valence-electron chi connectivity index (χ0n) is 14.5. The number of halogens is 1. The van der Waals surface area contributed by atoms with Gasteiger partial charge in [-0.1, -0.05) is 49.7 Å². The Hall–Kier alpha value is -2.27. The summed E-state index contributed by atoms with van der Waals surface area (Å²) in [6.07, 6.45) is 0. The van der Waals surface area contributed by atoms with E-state index in [1.54, 1.807) is 12.1 Å². The van der Waals surface area contributed by atoms with E-state index in [-0.39, 0.29) is 25.2 Å². The molecule has 2 rings (SSSR count). The highest BCUT2D eigenvalue weighted by Gasteiger charge is 2.13. The fraction of sp³-hybridized carbons (Fsp3) is 0.368. The minimum Gasteiger partial charge on any atom is -0.481 e. The van der Waals surface area contributed by atoms with E-state index in [2.05, 4.69) is 5.32 Å². The van der Waals surface area contributed by atoms with Crippen molar-refractivity contribution in [2.24, 2.45) is 5.92 Å². The number of rotatable bonds is 7. The van der Waals surface area contributed by atoms with E-state index in [0.29, 0.717) is 16.7 Å². The van der Waals surface area contributed by atoms with Gasteiger partial charge in [0.2, 0.25) is 0 Å². The van der Waals surface area contributed by atoms with Crippen LogP contribution in [0.15, 0.2) is 36.4 Å². The Morgan fingerprint density at radius 2 is 1.72 bits per heavy atom. The first-order valence-corrected chi connectivity index (χ1v) is 8.51. The summed E-state index contributed by atoms with van der Waals surface area (Å²) in [5.41, 5.74) is 0. The van der Waals surface area contributed by atoms with Crippen LogP contribution in [0.3, 0.4) is 0 Å². The van der Waals surface area contributed by atoms with Crippen LogP contribution in [-0.4, -0.2) is 31.1 Å². The van der Waals surface area contributed by atoms with Crippen LogP contribution in [-0.2, 0) is 14.3 Å². The zero-order valence-corrected chi connectivity index (χ0v) is 15.3. The third kappa shape index (κ3) is 5.36. The maximum atomic E-state index is 11.8. The molecule has 5 nitrogen and oxygen atoms in total. The molecule has 0 fully saturated rings. The Balaban J connectivity index is 1.87. The van der Waals surface area contributed by atoms with E-state index < -0.39 is 5.97 Å². The SMILES string of the molecule is CC(C)[C@H](C)NC(=O)COC(=O)COc1ccc(Cl)c2ccccc12. The van der Waals surface area contributed by atoms with Crippen molar-refractivity contribution < 1.29 is 19.1 Å². The molecule has 0 bridgehead atoms. The third-order valence-corrected chi connectivity index (χ3v) is 4.26. The largest absolute Gasteiger partial charge is 0.481 e. The van der Waals surface area contributed by atoms with Crippen LogP contribution < -0.4 is 10.1 Å². The molecule has 0 aliphatic carbocycles. The fourth-order valence-electron chi connectivity index (χ4n) is 2.15. The molecule has 2 aromatic rings. The maximum Gasteiger partial charge on any atom is 0.344 e. The van der Waals surface area contributed by atoms with Crippen molar-refractivity contribution in [1.29, 1.82) is 0 Å². The first-order chi connectivity index (χ1) is 11.9. The Kier molecular flexibility index (Phi) is 6.65. The van der Waals surface area contributed by atoms with Crippen molar-refractivity contribution in [2.75, 3.05) is 13.2 Å². The lowest BCUT2D eigenvalue weighted by molar-refractivity contribution is -0.150. The monoisotopic (exact) mass is 363 g/mol. The highest BCUT2D eigenvalue weighted by Crippen LogP contribution is 2.31. The molecule has 0 unspecified atom stereocenters. The van der Waals surface area contributed by atoms with Crippen LogP contribution >= 0.6 is 11.6 Å². The molecule has 0 saturated carbocycles. The molecule has 0 heterocycles. The summed E-state index contributed by atoms with van der Waals surface area (Å²) in [5.74, 6) is -0.0890. The molecule has 6 heteroatoms. The Morgan fingerprint density at radius 3 is 2.40 bits per heavy atom. The third-order valence-electron chi connectivity index (χ3n) is 3.93. The highest BCUT2D eigenvalue weighted by molar-refractivity contribution is 6.35. The van der Waals surface area contributed by atoms with Crippen LogP contribution in [0, 0.1) is 5.92 Å². The summed E-state index contributed by atoms with van der Waals surface area (Å²) >= 11 is 6.15. The summed E-state index contributed by atoms with van der Waals surface area (Å²) in [6.45, 7) is 5.31. The maximum absolute atomic E-state index is 11.8. The van der Waals surface area contributed by atoms with Gasteiger partial charge in [-0.2, -0.15) is 0 Å². The molecule has 25 heavy (non-hydrogen) atoms.